The molecule has 0 saturated carbocycles. The number of ether oxygens (including phenoxy) is 1. The summed E-state index contributed by atoms with van der Waals surface area (Å²) in [5.74, 6) is 0.214. The Hall–Kier alpha value is -4.05. The van der Waals surface area contributed by atoms with Gasteiger partial charge in [-0.2, -0.15) is 4.31 Å². The molecule has 0 saturated heterocycles. The number of carbonyl (C=O) groups excluding carboxylic acids is 1. The minimum atomic E-state index is -3.97. The summed E-state index contributed by atoms with van der Waals surface area (Å²) in [6, 6.07) is 26.8. The first-order valence-electron chi connectivity index (χ1n) is 13.4. The van der Waals surface area contributed by atoms with Gasteiger partial charge in [0.1, 0.15) is 16.8 Å². The van der Waals surface area contributed by atoms with E-state index in [0.717, 1.165) is 31.9 Å². The predicted molar refractivity (Wildman–Crippen MR) is 163 cm³/mol. The van der Waals surface area contributed by atoms with Crippen LogP contribution in [0.3, 0.4) is 0 Å². The third kappa shape index (κ3) is 5.48. The van der Waals surface area contributed by atoms with Gasteiger partial charge in [0.05, 0.1) is 21.7 Å². The van der Waals surface area contributed by atoms with Crippen LogP contribution >= 0.6 is 11.3 Å². The number of sulfonamides is 1. The zero-order valence-electron chi connectivity index (χ0n) is 22.7. The van der Waals surface area contributed by atoms with Gasteiger partial charge in [0, 0.05) is 17.8 Å². The van der Waals surface area contributed by atoms with Crippen LogP contribution in [-0.2, 0) is 27.8 Å². The van der Waals surface area contributed by atoms with Crippen LogP contribution in [0.1, 0.15) is 23.6 Å². The van der Waals surface area contributed by atoms with E-state index in [2.05, 4.69) is 18.3 Å². The number of hydrogen-bond donors (Lipinski definition) is 1. The number of nitrogens with one attached hydrogen (secondary N) is 1. The van der Waals surface area contributed by atoms with Crippen molar-refractivity contribution in [3.8, 4) is 16.3 Å². The molecule has 1 aromatic heterocycles. The molecule has 1 aliphatic heterocycles. The zero-order chi connectivity index (χ0) is 28.6. The number of hydrogen-bond acceptors (Lipinski definition) is 6. The molecule has 1 atom stereocenters. The Labute approximate surface area is 243 Å². The lowest BCUT2D eigenvalue weighted by molar-refractivity contribution is -0.120. The maximum absolute atomic E-state index is 13.8. The van der Waals surface area contributed by atoms with E-state index in [9.17, 15) is 13.2 Å². The van der Waals surface area contributed by atoms with Crippen molar-refractivity contribution in [1.82, 2.24) is 9.29 Å². The van der Waals surface area contributed by atoms with Gasteiger partial charge >= 0.3 is 0 Å². The molecule has 0 bridgehead atoms. The molecule has 0 unspecified atom stereocenters. The molecule has 1 N–H and O–H groups in total. The van der Waals surface area contributed by atoms with Gasteiger partial charge in [0.15, 0.2) is 0 Å². The van der Waals surface area contributed by atoms with Crippen LogP contribution in [0, 0.1) is 6.92 Å². The lowest BCUT2D eigenvalue weighted by Crippen LogP contribution is -2.50. The van der Waals surface area contributed by atoms with E-state index in [1.807, 2.05) is 67.6 Å². The summed E-state index contributed by atoms with van der Waals surface area (Å²) in [6.45, 7) is 4.53. The number of rotatable bonds is 7. The van der Waals surface area contributed by atoms with Crippen LogP contribution < -0.4 is 10.1 Å². The molecule has 0 fully saturated rings. The van der Waals surface area contributed by atoms with Crippen molar-refractivity contribution >= 4 is 43.2 Å². The van der Waals surface area contributed by atoms with Crippen LogP contribution in [-0.4, -0.2) is 36.3 Å². The van der Waals surface area contributed by atoms with Crippen molar-refractivity contribution in [2.45, 2.75) is 37.8 Å². The van der Waals surface area contributed by atoms with Crippen LogP contribution in [0.25, 0.3) is 20.8 Å². The minimum Gasteiger partial charge on any atom is -0.494 e. The molecule has 208 valence electrons. The highest BCUT2D eigenvalue weighted by molar-refractivity contribution is 7.89. The largest absolute Gasteiger partial charge is 0.494 e. The highest BCUT2D eigenvalue weighted by Crippen LogP contribution is 2.33. The van der Waals surface area contributed by atoms with Crippen molar-refractivity contribution < 1.29 is 17.9 Å². The fourth-order valence-electron chi connectivity index (χ4n) is 5.06. The number of aromatic nitrogens is 1. The van der Waals surface area contributed by atoms with Crippen molar-refractivity contribution in [1.29, 1.82) is 0 Å². The van der Waals surface area contributed by atoms with Crippen LogP contribution in [0.15, 0.2) is 95.9 Å². The maximum Gasteiger partial charge on any atom is 0.244 e. The molecule has 4 aromatic carbocycles. The number of aryl methyl sites for hydroxylation is 1. The Bertz CT molecular complexity index is 1830. The Morgan fingerprint density at radius 2 is 1.73 bits per heavy atom. The van der Waals surface area contributed by atoms with E-state index in [4.69, 9.17) is 9.72 Å². The summed E-state index contributed by atoms with van der Waals surface area (Å²) in [4.78, 5) is 18.5. The quantitative estimate of drug-likeness (QED) is 0.239. The van der Waals surface area contributed by atoms with Crippen molar-refractivity contribution in [2.75, 3.05) is 11.9 Å². The minimum absolute atomic E-state index is 0.111. The SMILES string of the molecule is CCOc1ccc(S(=O)(=O)N2Cc3ccccc3C[C@H]2C(=O)Nc2ccc(-c3nc4ccc(C)cc4s3)cc2)cc1. The highest BCUT2D eigenvalue weighted by atomic mass is 32.2. The molecule has 0 radical (unpaired) electrons. The topological polar surface area (TPSA) is 88.6 Å². The summed E-state index contributed by atoms with van der Waals surface area (Å²) in [7, 11) is -3.97. The lowest BCUT2D eigenvalue weighted by Gasteiger charge is -2.35. The Morgan fingerprint density at radius 3 is 2.46 bits per heavy atom. The number of thiazole rings is 1. The van der Waals surface area contributed by atoms with E-state index < -0.39 is 16.1 Å². The lowest BCUT2D eigenvalue weighted by atomic mass is 9.95. The van der Waals surface area contributed by atoms with Crippen molar-refractivity contribution in [2.24, 2.45) is 0 Å². The number of carbonyl (C=O) groups is 1. The molecule has 6 rings (SSSR count). The van der Waals surface area contributed by atoms with Crippen LogP contribution in [0.4, 0.5) is 5.69 Å². The first-order chi connectivity index (χ1) is 19.8. The monoisotopic (exact) mass is 583 g/mol. The first kappa shape index (κ1) is 27.1. The van der Waals surface area contributed by atoms with Gasteiger partial charge in [-0.3, -0.25) is 4.79 Å². The molecule has 0 spiro atoms. The van der Waals surface area contributed by atoms with E-state index in [0.29, 0.717) is 18.0 Å². The summed E-state index contributed by atoms with van der Waals surface area (Å²) < 4.78 is 35.6. The zero-order valence-corrected chi connectivity index (χ0v) is 24.3. The van der Waals surface area contributed by atoms with Crippen LogP contribution in [0.2, 0.25) is 0 Å². The molecular formula is C32H29N3O4S2. The van der Waals surface area contributed by atoms with E-state index in [-0.39, 0.29) is 23.8 Å². The maximum atomic E-state index is 13.8. The summed E-state index contributed by atoms with van der Waals surface area (Å²) in [5, 5.41) is 3.86. The third-order valence-corrected chi connectivity index (χ3v) is 10.1. The smallest absolute Gasteiger partial charge is 0.244 e. The molecule has 7 nitrogen and oxygen atoms in total. The standard InChI is InChI=1S/C32H29N3O4S2/c1-3-39-26-13-15-27(16-14-26)41(37,38)35-20-24-7-5-4-6-23(24)19-29(35)31(36)33-25-11-9-22(10-12-25)32-34-28-17-8-21(2)18-30(28)40-32/h4-18,29H,3,19-20H2,1-2H3,(H,33,36)/t29-/m0/s1. The van der Waals surface area contributed by atoms with Crippen molar-refractivity contribution in [3.63, 3.8) is 0 Å². The fraction of sp³-hybridized carbons (Fsp3) is 0.188. The van der Waals surface area contributed by atoms with Gasteiger partial charge < -0.3 is 10.1 Å². The van der Waals surface area contributed by atoms with E-state index in [1.165, 1.54) is 22.0 Å². The van der Waals surface area contributed by atoms with E-state index >= 15 is 0 Å². The van der Waals surface area contributed by atoms with Crippen molar-refractivity contribution in [3.05, 3.63) is 108 Å². The predicted octanol–water partition coefficient (Wildman–Crippen LogP) is 6.42. The third-order valence-electron chi connectivity index (χ3n) is 7.19. The van der Waals surface area contributed by atoms with Gasteiger partial charge in [-0.25, -0.2) is 13.4 Å². The first-order valence-corrected chi connectivity index (χ1v) is 15.7. The Morgan fingerprint density at radius 1 is 1.00 bits per heavy atom. The van der Waals surface area contributed by atoms with Gasteiger partial charge in [0.25, 0.3) is 0 Å². The second kappa shape index (κ2) is 11.1. The van der Waals surface area contributed by atoms with E-state index in [1.54, 1.807) is 23.5 Å². The highest BCUT2D eigenvalue weighted by Gasteiger charge is 2.39. The van der Waals surface area contributed by atoms with Gasteiger partial charge in [-0.15, -0.1) is 11.3 Å². The molecule has 9 heteroatoms. The Kier molecular flexibility index (Phi) is 7.33. The fourth-order valence-corrected chi connectivity index (χ4v) is 7.70. The normalized spacial score (nSPS) is 15.4. The Balaban J connectivity index is 1.26. The number of benzene rings is 4. The summed E-state index contributed by atoms with van der Waals surface area (Å²) in [5.41, 5.74) is 5.55. The molecule has 1 amide bonds. The number of fused-ring (bicyclic) bond motifs is 2. The number of amides is 1. The number of anilines is 1. The second-order valence-electron chi connectivity index (χ2n) is 10.0. The molecule has 5 aromatic rings. The van der Waals surface area contributed by atoms with Crippen LogP contribution in [0.5, 0.6) is 5.75 Å². The van der Waals surface area contributed by atoms with Gasteiger partial charge in [-0.05, 0) is 97.6 Å². The van der Waals surface area contributed by atoms with Gasteiger partial charge in [-0.1, -0.05) is 30.3 Å². The summed E-state index contributed by atoms with van der Waals surface area (Å²) >= 11 is 1.63. The summed E-state index contributed by atoms with van der Waals surface area (Å²) in [6.07, 6.45) is 0.279. The molecule has 2 heterocycles. The second-order valence-corrected chi connectivity index (χ2v) is 12.9. The number of nitrogens with zero attached hydrogens (tertiary/aromatic N) is 2. The van der Waals surface area contributed by atoms with Gasteiger partial charge in [0.2, 0.25) is 15.9 Å². The molecule has 1 aliphatic rings. The molecule has 0 aliphatic carbocycles. The molecule has 41 heavy (non-hydrogen) atoms. The average molecular weight is 584 g/mol. The average Bonchev–Trinajstić information content (AvgIpc) is 3.40. The molecular weight excluding hydrogens is 555 g/mol.